The molecule has 152 valence electrons. The number of ether oxygens (including phenoxy) is 1. The van der Waals surface area contributed by atoms with Gasteiger partial charge in [0, 0.05) is 18.2 Å². The molecule has 0 aliphatic carbocycles. The van der Waals surface area contributed by atoms with E-state index in [0.29, 0.717) is 22.2 Å². The standard InChI is InChI=1S/C24H21NO5/c1-24(2)13-18(26)12-21(30-24)23(28)25(17-8-4-3-5-9-17)14-16-15-29-20-11-7-6-10-19(20)22(16)27/h3-12,15H,13-14H2,1-2H3. The average Bonchev–Trinajstić information content (AvgIpc) is 2.72. The van der Waals surface area contributed by atoms with Crippen molar-refractivity contribution in [3.05, 3.63) is 88.5 Å². The molecule has 0 radical (unpaired) electrons. The average molecular weight is 403 g/mol. The van der Waals surface area contributed by atoms with Gasteiger partial charge in [-0.15, -0.1) is 0 Å². The maximum absolute atomic E-state index is 13.4. The Hall–Kier alpha value is -3.67. The lowest BCUT2D eigenvalue weighted by molar-refractivity contribution is -0.129. The molecule has 0 bridgehead atoms. The van der Waals surface area contributed by atoms with E-state index in [1.807, 2.05) is 6.07 Å². The van der Waals surface area contributed by atoms with Crippen molar-refractivity contribution >= 4 is 28.3 Å². The van der Waals surface area contributed by atoms with Crippen LogP contribution in [0.15, 0.2) is 81.9 Å². The molecule has 1 aliphatic rings. The fourth-order valence-corrected chi connectivity index (χ4v) is 3.50. The molecule has 0 atom stereocenters. The number of nitrogens with zero attached hydrogens (tertiary/aromatic N) is 1. The quantitative estimate of drug-likeness (QED) is 0.659. The molecular weight excluding hydrogens is 382 g/mol. The Morgan fingerprint density at radius 2 is 1.73 bits per heavy atom. The number of rotatable bonds is 4. The van der Waals surface area contributed by atoms with Crippen LogP contribution in [0.3, 0.4) is 0 Å². The summed E-state index contributed by atoms with van der Waals surface area (Å²) in [6.45, 7) is 3.50. The van der Waals surface area contributed by atoms with Crippen molar-refractivity contribution in [3.8, 4) is 0 Å². The van der Waals surface area contributed by atoms with Crippen LogP contribution in [0.4, 0.5) is 5.69 Å². The Labute approximate surface area is 173 Å². The van der Waals surface area contributed by atoms with E-state index < -0.39 is 11.5 Å². The molecule has 4 rings (SSSR count). The zero-order chi connectivity index (χ0) is 21.3. The van der Waals surface area contributed by atoms with Crippen molar-refractivity contribution in [2.45, 2.75) is 32.4 Å². The number of ketones is 1. The van der Waals surface area contributed by atoms with Gasteiger partial charge in [-0.05, 0) is 38.1 Å². The zero-order valence-corrected chi connectivity index (χ0v) is 16.8. The van der Waals surface area contributed by atoms with Crippen molar-refractivity contribution in [1.82, 2.24) is 0 Å². The number of allylic oxidation sites excluding steroid dienone is 1. The molecule has 0 saturated heterocycles. The Morgan fingerprint density at radius 1 is 1.03 bits per heavy atom. The third-order valence-electron chi connectivity index (χ3n) is 4.88. The molecule has 1 amide bonds. The lowest BCUT2D eigenvalue weighted by atomic mass is 9.98. The highest BCUT2D eigenvalue weighted by Gasteiger charge is 2.34. The predicted molar refractivity (Wildman–Crippen MR) is 113 cm³/mol. The van der Waals surface area contributed by atoms with Gasteiger partial charge in [0.05, 0.1) is 23.8 Å². The van der Waals surface area contributed by atoms with E-state index >= 15 is 0 Å². The molecule has 3 aromatic rings. The van der Waals surface area contributed by atoms with E-state index in [4.69, 9.17) is 9.15 Å². The first kappa shape index (κ1) is 19.6. The third-order valence-corrected chi connectivity index (χ3v) is 4.88. The second-order valence-electron chi connectivity index (χ2n) is 7.83. The predicted octanol–water partition coefficient (Wildman–Crippen LogP) is 3.98. The van der Waals surface area contributed by atoms with E-state index in [0.717, 1.165) is 0 Å². The van der Waals surface area contributed by atoms with Crippen molar-refractivity contribution in [2.75, 3.05) is 4.90 Å². The molecule has 1 aromatic heterocycles. The number of carbonyl (C=O) groups excluding carboxylic acids is 2. The minimum absolute atomic E-state index is 0.0225. The molecule has 0 fully saturated rings. The third kappa shape index (κ3) is 3.89. The minimum atomic E-state index is -0.777. The van der Waals surface area contributed by atoms with E-state index in [2.05, 4.69) is 0 Å². The highest BCUT2D eigenvalue weighted by molar-refractivity contribution is 6.08. The number of amides is 1. The van der Waals surface area contributed by atoms with Gasteiger partial charge in [0.15, 0.2) is 17.0 Å². The Bertz CT molecular complexity index is 1210. The van der Waals surface area contributed by atoms with E-state index in [9.17, 15) is 14.4 Å². The van der Waals surface area contributed by atoms with Crippen LogP contribution in [-0.2, 0) is 20.9 Å². The summed E-state index contributed by atoms with van der Waals surface area (Å²) < 4.78 is 11.4. The van der Waals surface area contributed by atoms with E-state index in [1.165, 1.54) is 17.2 Å². The van der Waals surface area contributed by atoms with Crippen molar-refractivity contribution in [2.24, 2.45) is 0 Å². The van der Waals surface area contributed by atoms with Crippen molar-refractivity contribution in [1.29, 1.82) is 0 Å². The van der Waals surface area contributed by atoms with Gasteiger partial charge in [-0.3, -0.25) is 14.4 Å². The molecule has 6 heteroatoms. The Balaban J connectivity index is 1.75. The number of hydrogen-bond donors (Lipinski definition) is 0. The van der Waals surface area contributed by atoms with Crippen LogP contribution >= 0.6 is 0 Å². The van der Waals surface area contributed by atoms with Crippen molar-refractivity contribution in [3.63, 3.8) is 0 Å². The maximum atomic E-state index is 13.4. The first-order chi connectivity index (χ1) is 14.3. The normalized spacial score (nSPS) is 15.4. The summed E-state index contributed by atoms with van der Waals surface area (Å²) in [6.07, 6.45) is 2.80. The topological polar surface area (TPSA) is 76.8 Å². The lowest BCUT2D eigenvalue weighted by Crippen LogP contribution is -2.40. The van der Waals surface area contributed by atoms with Gasteiger partial charge in [0.2, 0.25) is 0 Å². The second-order valence-corrected chi connectivity index (χ2v) is 7.83. The first-order valence-electron chi connectivity index (χ1n) is 9.64. The summed E-state index contributed by atoms with van der Waals surface area (Å²) in [4.78, 5) is 39.8. The van der Waals surface area contributed by atoms with Gasteiger partial charge in [-0.1, -0.05) is 30.3 Å². The van der Waals surface area contributed by atoms with Crippen LogP contribution in [0.2, 0.25) is 0 Å². The van der Waals surface area contributed by atoms with E-state index in [1.54, 1.807) is 62.4 Å². The number of benzene rings is 2. The molecule has 0 spiro atoms. The monoisotopic (exact) mass is 403 g/mol. The molecule has 6 nitrogen and oxygen atoms in total. The van der Waals surface area contributed by atoms with Crippen LogP contribution < -0.4 is 10.3 Å². The number of para-hydroxylation sites is 2. The smallest absolute Gasteiger partial charge is 0.293 e. The number of hydrogen-bond acceptors (Lipinski definition) is 5. The van der Waals surface area contributed by atoms with Gasteiger partial charge in [0.25, 0.3) is 5.91 Å². The molecule has 30 heavy (non-hydrogen) atoms. The van der Waals surface area contributed by atoms with Gasteiger partial charge >= 0.3 is 0 Å². The second kappa shape index (κ2) is 7.63. The van der Waals surface area contributed by atoms with Crippen LogP contribution in [0.25, 0.3) is 11.0 Å². The summed E-state index contributed by atoms with van der Waals surface area (Å²) in [7, 11) is 0. The van der Waals surface area contributed by atoms with E-state index in [-0.39, 0.29) is 29.9 Å². The van der Waals surface area contributed by atoms with Crippen LogP contribution in [0, 0.1) is 0 Å². The fraction of sp³-hybridized carbons (Fsp3) is 0.208. The van der Waals surface area contributed by atoms with Gasteiger partial charge in [-0.25, -0.2) is 0 Å². The van der Waals surface area contributed by atoms with Crippen LogP contribution in [0.1, 0.15) is 25.8 Å². The number of anilines is 1. The van der Waals surface area contributed by atoms with Crippen LogP contribution in [0.5, 0.6) is 0 Å². The SMILES string of the molecule is CC1(C)CC(=O)C=C(C(=O)N(Cc2coc3ccccc3c2=O)c2ccccc2)O1. The molecule has 2 aromatic carbocycles. The summed E-state index contributed by atoms with van der Waals surface area (Å²) >= 11 is 0. The Morgan fingerprint density at radius 3 is 2.47 bits per heavy atom. The molecule has 2 heterocycles. The van der Waals surface area contributed by atoms with Crippen LogP contribution in [-0.4, -0.2) is 17.3 Å². The van der Waals surface area contributed by atoms with Gasteiger partial charge < -0.3 is 14.1 Å². The summed E-state index contributed by atoms with van der Waals surface area (Å²) in [6, 6.07) is 15.9. The van der Waals surface area contributed by atoms with Gasteiger partial charge in [-0.2, -0.15) is 0 Å². The highest BCUT2D eigenvalue weighted by Crippen LogP contribution is 2.28. The van der Waals surface area contributed by atoms with Gasteiger partial charge in [0.1, 0.15) is 11.2 Å². The number of carbonyl (C=O) groups is 2. The largest absolute Gasteiger partial charge is 0.481 e. The maximum Gasteiger partial charge on any atom is 0.293 e. The lowest BCUT2D eigenvalue weighted by Gasteiger charge is -2.32. The zero-order valence-electron chi connectivity index (χ0n) is 16.8. The highest BCUT2D eigenvalue weighted by atomic mass is 16.5. The molecule has 0 unspecified atom stereocenters. The molecule has 0 N–H and O–H groups in total. The summed E-state index contributed by atoms with van der Waals surface area (Å²) in [5, 5.41) is 0.444. The minimum Gasteiger partial charge on any atom is -0.481 e. The molecular formula is C24H21NO5. The molecule has 1 aliphatic heterocycles. The Kier molecular flexibility index (Phi) is 4.99. The summed E-state index contributed by atoms with van der Waals surface area (Å²) in [5.41, 5.74) is 0.402. The molecule has 0 saturated carbocycles. The van der Waals surface area contributed by atoms with Crippen molar-refractivity contribution < 1.29 is 18.7 Å². The first-order valence-corrected chi connectivity index (χ1v) is 9.64. The fourth-order valence-electron chi connectivity index (χ4n) is 3.50. The summed E-state index contributed by atoms with van der Waals surface area (Å²) in [5.74, 6) is -0.701. The number of fused-ring (bicyclic) bond motifs is 1.